The number of fused-ring (bicyclic) bond motifs is 1. The third kappa shape index (κ3) is 7.36. The Kier molecular flexibility index (Phi) is 9.38. The number of nitrogens with one attached hydrogen (secondary N) is 2. The van der Waals surface area contributed by atoms with Crippen LogP contribution in [0.25, 0.3) is 32.6 Å². The monoisotopic (exact) mass is 561 g/mol. The number of benzene rings is 1. The topological polar surface area (TPSA) is 122 Å². The molecule has 0 aliphatic carbocycles. The molecule has 2 N–H and O–H groups in total. The van der Waals surface area contributed by atoms with Crippen LogP contribution in [0.5, 0.6) is 0 Å². The number of unbranched alkanes of at least 4 members (excludes halogenated alkanes) is 1. The van der Waals surface area contributed by atoms with Crippen molar-refractivity contribution in [2.75, 3.05) is 32.5 Å². The van der Waals surface area contributed by atoms with Crippen molar-refractivity contribution in [3.8, 4) is 22.4 Å². The second kappa shape index (κ2) is 12.9. The Bertz CT molecular complexity index is 1450. The van der Waals surface area contributed by atoms with E-state index in [2.05, 4.69) is 35.5 Å². The van der Waals surface area contributed by atoms with Crippen LogP contribution in [-0.2, 0) is 15.1 Å². The summed E-state index contributed by atoms with van der Waals surface area (Å²) < 4.78 is 6.64. The average Bonchev–Trinajstić information content (AvgIpc) is 3.33. The molecule has 3 heterocycles. The lowest BCUT2D eigenvalue weighted by Crippen LogP contribution is -2.28. The zero-order chi connectivity index (χ0) is 28.7. The number of anilines is 1. The van der Waals surface area contributed by atoms with Gasteiger partial charge in [0.25, 0.3) is 0 Å². The molecule has 3 aromatic heterocycles. The molecule has 0 atom stereocenters. The van der Waals surface area contributed by atoms with E-state index in [1.807, 2.05) is 51.4 Å². The van der Waals surface area contributed by atoms with Gasteiger partial charge in [0.2, 0.25) is 0 Å². The lowest BCUT2D eigenvalue weighted by molar-refractivity contribution is -0.158. The van der Waals surface area contributed by atoms with Crippen LogP contribution >= 0.6 is 11.3 Å². The first kappa shape index (κ1) is 29.0. The molecule has 210 valence electrons. The first-order chi connectivity index (χ1) is 19.2. The highest BCUT2D eigenvalue weighted by Crippen LogP contribution is 2.38. The van der Waals surface area contributed by atoms with Gasteiger partial charge < -0.3 is 15.0 Å². The van der Waals surface area contributed by atoms with Crippen molar-refractivity contribution in [3.63, 3.8) is 0 Å². The molecule has 0 aliphatic rings. The second-order valence-electron chi connectivity index (χ2n) is 10.1. The molecule has 0 fully saturated rings. The normalized spacial score (nSPS) is 11.6. The highest BCUT2D eigenvalue weighted by molar-refractivity contribution is 7.22. The summed E-state index contributed by atoms with van der Waals surface area (Å²) in [6, 6.07) is 9.39. The van der Waals surface area contributed by atoms with Crippen molar-refractivity contribution in [2.24, 2.45) is 0 Å². The summed E-state index contributed by atoms with van der Waals surface area (Å²) in [6.45, 7) is 6.90. The fourth-order valence-electron chi connectivity index (χ4n) is 4.13. The number of pyridine rings is 1. The van der Waals surface area contributed by atoms with Crippen molar-refractivity contribution in [1.29, 1.82) is 0 Å². The number of nitrogens with zero attached hydrogens (tertiary/aromatic N) is 5. The number of carbonyl (C=O) groups is 2. The van der Waals surface area contributed by atoms with E-state index in [0.717, 1.165) is 52.0 Å². The largest absolute Gasteiger partial charge is 0.451 e. The molecule has 0 bridgehead atoms. The standard InChI is InChI=1S/C29H35N7O3S/c1-6-30-27(38)35-28-34-23-16-19(15-21(25(23)40-28)22-11-7-9-13-31-22)20-17-32-26(33-18-20)29(2,3)39-24(37)12-8-10-14-36(4)5/h7,9,11,13,15-18H,6,8,10,12,14H2,1-5H3,(H2,30,34,35,38). The van der Waals surface area contributed by atoms with E-state index in [1.165, 1.54) is 11.3 Å². The van der Waals surface area contributed by atoms with E-state index in [-0.39, 0.29) is 12.0 Å². The van der Waals surface area contributed by atoms with Crippen molar-refractivity contribution in [1.82, 2.24) is 30.2 Å². The molecule has 4 rings (SSSR count). The molecule has 2 amide bonds. The number of esters is 1. The van der Waals surface area contributed by atoms with Gasteiger partial charge in [-0.1, -0.05) is 17.4 Å². The van der Waals surface area contributed by atoms with E-state index in [9.17, 15) is 9.59 Å². The zero-order valence-electron chi connectivity index (χ0n) is 23.5. The molecule has 10 nitrogen and oxygen atoms in total. The van der Waals surface area contributed by atoms with Crippen molar-refractivity contribution < 1.29 is 14.3 Å². The van der Waals surface area contributed by atoms with E-state index < -0.39 is 5.60 Å². The number of hydrogen-bond donors (Lipinski definition) is 2. The minimum absolute atomic E-state index is 0.262. The van der Waals surface area contributed by atoms with Gasteiger partial charge >= 0.3 is 12.0 Å². The molecule has 1 aromatic carbocycles. The van der Waals surface area contributed by atoms with Crippen LogP contribution < -0.4 is 10.6 Å². The van der Waals surface area contributed by atoms with Crippen LogP contribution in [0.3, 0.4) is 0 Å². The van der Waals surface area contributed by atoms with Gasteiger partial charge in [0, 0.05) is 42.7 Å². The van der Waals surface area contributed by atoms with E-state index >= 15 is 0 Å². The summed E-state index contributed by atoms with van der Waals surface area (Å²) in [5, 5.41) is 6.01. The van der Waals surface area contributed by atoms with Gasteiger partial charge in [-0.05, 0) is 84.1 Å². The maximum absolute atomic E-state index is 12.4. The zero-order valence-corrected chi connectivity index (χ0v) is 24.3. The van der Waals surface area contributed by atoms with Crippen LogP contribution in [0.15, 0.2) is 48.9 Å². The quantitative estimate of drug-likeness (QED) is 0.183. The summed E-state index contributed by atoms with van der Waals surface area (Å²) in [4.78, 5) is 44.9. The molecule has 4 aromatic rings. The highest BCUT2D eigenvalue weighted by Gasteiger charge is 2.28. The number of rotatable bonds is 11. The SMILES string of the molecule is CCNC(=O)Nc1nc2cc(-c3cnc(C(C)(C)OC(=O)CCCCN(C)C)nc3)cc(-c3ccccn3)c2s1. The summed E-state index contributed by atoms with van der Waals surface area (Å²) in [5.41, 5.74) is 3.07. The number of thiazole rings is 1. The Labute approximate surface area is 238 Å². The predicted molar refractivity (Wildman–Crippen MR) is 158 cm³/mol. The maximum Gasteiger partial charge on any atom is 0.321 e. The van der Waals surface area contributed by atoms with Crippen LogP contribution in [-0.4, -0.2) is 64.0 Å². The number of aromatic nitrogens is 4. The first-order valence-electron chi connectivity index (χ1n) is 13.3. The van der Waals surface area contributed by atoms with Gasteiger partial charge in [-0.25, -0.2) is 19.7 Å². The Morgan fingerprint density at radius 3 is 2.50 bits per heavy atom. The first-order valence-corrected chi connectivity index (χ1v) is 14.1. The van der Waals surface area contributed by atoms with E-state index in [0.29, 0.717) is 23.9 Å². The summed E-state index contributed by atoms with van der Waals surface area (Å²) in [5.74, 6) is 0.161. The minimum Gasteiger partial charge on any atom is -0.451 e. The van der Waals surface area contributed by atoms with E-state index in [4.69, 9.17) is 4.74 Å². The van der Waals surface area contributed by atoms with Gasteiger partial charge in [0.05, 0.1) is 15.9 Å². The van der Waals surface area contributed by atoms with Crippen molar-refractivity contribution >= 4 is 38.7 Å². The molecule has 0 saturated carbocycles. The van der Waals surface area contributed by atoms with Gasteiger partial charge in [0.15, 0.2) is 16.6 Å². The number of carbonyl (C=O) groups excluding carboxylic acids is 2. The lowest BCUT2D eigenvalue weighted by Gasteiger charge is -2.23. The number of urea groups is 1. The third-order valence-corrected chi connectivity index (χ3v) is 7.14. The number of amides is 2. The lowest BCUT2D eigenvalue weighted by atomic mass is 10.0. The molecular weight excluding hydrogens is 526 g/mol. The average molecular weight is 562 g/mol. The van der Waals surface area contributed by atoms with Gasteiger partial charge in [-0.2, -0.15) is 0 Å². The molecule has 0 unspecified atom stereocenters. The second-order valence-corrected chi connectivity index (χ2v) is 11.1. The Balaban J connectivity index is 1.58. The number of ether oxygens (including phenoxy) is 1. The van der Waals surface area contributed by atoms with Crippen molar-refractivity contribution in [2.45, 2.75) is 45.6 Å². The molecule has 0 saturated heterocycles. The third-order valence-electron chi connectivity index (χ3n) is 6.12. The molecule has 40 heavy (non-hydrogen) atoms. The summed E-state index contributed by atoms with van der Waals surface area (Å²) >= 11 is 1.39. The highest BCUT2D eigenvalue weighted by atomic mass is 32.1. The van der Waals surface area contributed by atoms with Crippen LogP contribution in [0.4, 0.5) is 9.93 Å². The molecule has 11 heteroatoms. The fraction of sp³-hybridized carbons (Fsp3) is 0.379. The van der Waals surface area contributed by atoms with Gasteiger partial charge in [0.1, 0.15) is 0 Å². The molecular formula is C29H35N7O3S. The Morgan fingerprint density at radius 1 is 1.05 bits per heavy atom. The Morgan fingerprint density at radius 2 is 1.82 bits per heavy atom. The Hall–Kier alpha value is -3.96. The number of hydrogen-bond acceptors (Lipinski definition) is 9. The van der Waals surface area contributed by atoms with Gasteiger partial charge in [-0.15, -0.1) is 0 Å². The smallest absolute Gasteiger partial charge is 0.321 e. The summed E-state index contributed by atoms with van der Waals surface area (Å²) in [7, 11) is 4.03. The maximum atomic E-state index is 12.4. The fourth-order valence-corrected chi connectivity index (χ4v) is 5.10. The predicted octanol–water partition coefficient (Wildman–Crippen LogP) is 5.47. The van der Waals surface area contributed by atoms with Crippen LogP contribution in [0.1, 0.15) is 45.9 Å². The molecule has 0 radical (unpaired) electrons. The van der Waals surface area contributed by atoms with E-state index in [1.54, 1.807) is 32.4 Å². The van der Waals surface area contributed by atoms with Crippen molar-refractivity contribution in [3.05, 3.63) is 54.7 Å². The van der Waals surface area contributed by atoms with Gasteiger partial charge in [-0.3, -0.25) is 15.1 Å². The molecule has 0 aliphatic heterocycles. The van der Waals surface area contributed by atoms with Crippen LogP contribution in [0.2, 0.25) is 0 Å². The minimum atomic E-state index is -0.964. The molecule has 0 spiro atoms. The van der Waals surface area contributed by atoms with Crippen LogP contribution in [0, 0.1) is 0 Å². The summed E-state index contributed by atoms with van der Waals surface area (Å²) in [6.07, 6.45) is 7.24.